The summed E-state index contributed by atoms with van der Waals surface area (Å²) in [5.74, 6) is 1.59. The van der Waals surface area contributed by atoms with E-state index in [4.69, 9.17) is 9.47 Å². The zero-order valence-corrected chi connectivity index (χ0v) is 14.2. The maximum atomic E-state index is 5.37. The number of allylic oxidation sites excluding steroid dienone is 1. The second-order valence-electron chi connectivity index (χ2n) is 6.11. The highest BCUT2D eigenvalue weighted by Crippen LogP contribution is 2.28. The van der Waals surface area contributed by atoms with Gasteiger partial charge in [0.05, 0.1) is 14.2 Å². The average molecular weight is 303 g/mol. The molecule has 1 aliphatic carbocycles. The highest BCUT2D eigenvalue weighted by Gasteiger charge is 2.09. The van der Waals surface area contributed by atoms with Gasteiger partial charge in [-0.05, 0) is 69.7 Å². The monoisotopic (exact) mass is 303 g/mol. The van der Waals surface area contributed by atoms with Crippen molar-refractivity contribution in [3.05, 3.63) is 35.4 Å². The minimum atomic E-state index is 0.460. The van der Waals surface area contributed by atoms with Crippen molar-refractivity contribution in [2.75, 3.05) is 20.8 Å². The fraction of sp³-hybridized carbons (Fsp3) is 0.579. The molecule has 3 heteroatoms. The SMILES string of the molecule is COc1ccc(C[C@H](C)NCCC2=CCCCC2)cc1OC. The predicted molar refractivity (Wildman–Crippen MR) is 91.9 cm³/mol. The fourth-order valence-corrected chi connectivity index (χ4v) is 3.04. The average Bonchev–Trinajstić information content (AvgIpc) is 2.55. The van der Waals surface area contributed by atoms with Gasteiger partial charge in [0.1, 0.15) is 0 Å². The van der Waals surface area contributed by atoms with Crippen molar-refractivity contribution in [1.82, 2.24) is 5.32 Å². The lowest BCUT2D eigenvalue weighted by Crippen LogP contribution is -2.29. The van der Waals surface area contributed by atoms with Gasteiger partial charge in [0.15, 0.2) is 11.5 Å². The molecule has 22 heavy (non-hydrogen) atoms. The normalized spacial score (nSPS) is 16.0. The van der Waals surface area contributed by atoms with Crippen molar-refractivity contribution in [3.8, 4) is 11.5 Å². The number of hydrogen-bond donors (Lipinski definition) is 1. The Labute approximate surface area is 134 Å². The van der Waals surface area contributed by atoms with Crippen molar-refractivity contribution < 1.29 is 9.47 Å². The Balaban J connectivity index is 1.78. The van der Waals surface area contributed by atoms with E-state index in [-0.39, 0.29) is 0 Å². The second kappa shape index (κ2) is 8.84. The third-order valence-corrected chi connectivity index (χ3v) is 4.31. The molecule has 0 amide bonds. The summed E-state index contributed by atoms with van der Waals surface area (Å²) < 4.78 is 10.6. The van der Waals surface area contributed by atoms with E-state index in [9.17, 15) is 0 Å². The lowest BCUT2D eigenvalue weighted by Gasteiger charge is -2.17. The maximum absolute atomic E-state index is 5.37. The molecule has 0 bridgehead atoms. The summed E-state index contributed by atoms with van der Waals surface area (Å²) in [5.41, 5.74) is 2.91. The molecule has 0 fully saturated rings. The maximum Gasteiger partial charge on any atom is 0.160 e. The fourth-order valence-electron chi connectivity index (χ4n) is 3.04. The molecule has 1 N–H and O–H groups in total. The molecule has 0 heterocycles. The van der Waals surface area contributed by atoms with Crippen molar-refractivity contribution in [3.63, 3.8) is 0 Å². The number of methoxy groups -OCH3 is 2. The van der Waals surface area contributed by atoms with Crippen LogP contribution in [0.1, 0.15) is 44.6 Å². The summed E-state index contributed by atoms with van der Waals surface area (Å²) >= 11 is 0. The molecule has 0 unspecified atom stereocenters. The van der Waals surface area contributed by atoms with Crippen molar-refractivity contribution in [2.45, 2.75) is 51.5 Å². The first-order valence-corrected chi connectivity index (χ1v) is 8.35. The molecular weight excluding hydrogens is 274 g/mol. The van der Waals surface area contributed by atoms with Gasteiger partial charge in [-0.2, -0.15) is 0 Å². The van der Waals surface area contributed by atoms with Crippen LogP contribution in [0, 0.1) is 0 Å². The summed E-state index contributed by atoms with van der Waals surface area (Å²) in [6.45, 7) is 3.31. The molecule has 2 rings (SSSR count). The first kappa shape index (κ1) is 16.9. The van der Waals surface area contributed by atoms with Gasteiger partial charge in [-0.25, -0.2) is 0 Å². The van der Waals surface area contributed by atoms with Gasteiger partial charge in [0.25, 0.3) is 0 Å². The van der Waals surface area contributed by atoms with E-state index in [0.717, 1.165) is 24.5 Å². The first-order valence-electron chi connectivity index (χ1n) is 8.35. The number of ether oxygens (including phenoxy) is 2. The third-order valence-electron chi connectivity index (χ3n) is 4.31. The lowest BCUT2D eigenvalue weighted by atomic mass is 9.97. The van der Waals surface area contributed by atoms with Gasteiger partial charge in [-0.15, -0.1) is 0 Å². The van der Waals surface area contributed by atoms with Crippen LogP contribution in [-0.4, -0.2) is 26.8 Å². The Morgan fingerprint density at radius 1 is 1.14 bits per heavy atom. The number of rotatable bonds is 8. The minimum absolute atomic E-state index is 0.460. The van der Waals surface area contributed by atoms with E-state index >= 15 is 0 Å². The van der Waals surface area contributed by atoms with Crippen molar-refractivity contribution in [2.24, 2.45) is 0 Å². The van der Waals surface area contributed by atoms with Crippen molar-refractivity contribution >= 4 is 0 Å². The van der Waals surface area contributed by atoms with Crippen LogP contribution in [0.4, 0.5) is 0 Å². The van der Waals surface area contributed by atoms with Gasteiger partial charge >= 0.3 is 0 Å². The summed E-state index contributed by atoms with van der Waals surface area (Å²) in [5, 5.41) is 3.63. The molecule has 3 nitrogen and oxygen atoms in total. The Morgan fingerprint density at radius 2 is 1.95 bits per heavy atom. The minimum Gasteiger partial charge on any atom is -0.493 e. The molecule has 0 aromatic heterocycles. The van der Waals surface area contributed by atoms with Crippen LogP contribution in [0.5, 0.6) is 11.5 Å². The third kappa shape index (κ3) is 5.06. The lowest BCUT2D eigenvalue weighted by molar-refractivity contribution is 0.354. The number of benzene rings is 1. The molecule has 0 aliphatic heterocycles. The summed E-state index contributed by atoms with van der Waals surface area (Å²) in [6.07, 6.45) is 9.93. The zero-order chi connectivity index (χ0) is 15.8. The highest BCUT2D eigenvalue weighted by molar-refractivity contribution is 5.43. The highest BCUT2D eigenvalue weighted by atomic mass is 16.5. The van der Waals surface area contributed by atoms with Crippen LogP contribution < -0.4 is 14.8 Å². The molecule has 1 aromatic rings. The quantitative estimate of drug-likeness (QED) is 0.733. The Kier molecular flexibility index (Phi) is 6.78. The van der Waals surface area contributed by atoms with Crippen LogP contribution in [0.25, 0.3) is 0 Å². The van der Waals surface area contributed by atoms with E-state index in [1.165, 1.54) is 37.7 Å². The van der Waals surface area contributed by atoms with Gasteiger partial charge in [0.2, 0.25) is 0 Å². The first-order chi connectivity index (χ1) is 10.7. The Morgan fingerprint density at radius 3 is 2.64 bits per heavy atom. The zero-order valence-electron chi connectivity index (χ0n) is 14.2. The Bertz CT molecular complexity index is 496. The van der Waals surface area contributed by atoms with Crippen molar-refractivity contribution in [1.29, 1.82) is 0 Å². The van der Waals surface area contributed by atoms with Gasteiger partial charge < -0.3 is 14.8 Å². The number of hydrogen-bond acceptors (Lipinski definition) is 3. The van der Waals surface area contributed by atoms with Gasteiger partial charge in [-0.3, -0.25) is 0 Å². The second-order valence-corrected chi connectivity index (χ2v) is 6.11. The molecular formula is C19H29NO2. The van der Waals surface area contributed by atoms with Crippen LogP contribution in [-0.2, 0) is 6.42 Å². The summed E-state index contributed by atoms with van der Waals surface area (Å²) in [6, 6.07) is 6.62. The molecule has 0 saturated heterocycles. The molecule has 0 spiro atoms. The molecule has 0 radical (unpaired) electrons. The van der Waals surface area contributed by atoms with Crippen LogP contribution in [0.3, 0.4) is 0 Å². The summed E-state index contributed by atoms with van der Waals surface area (Å²) in [4.78, 5) is 0. The topological polar surface area (TPSA) is 30.5 Å². The molecule has 1 atom stereocenters. The molecule has 1 aromatic carbocycles. The van der Waals surface area contributed by atoms with Crippen LogP contribution in [0.15, 0.2) is 29.8 Å². The van der Waals surface area contributed by atoms with E-state index in [2.05, 4.69) is 30.4 Å². The van der Waals surface area contributed by atoms with Gasteiger partial charge in [-0.1, -0.05) is 17.7 Å². The van der Waals surface area contributed by atoms with Gasteiger partial charge in [0, 0.05) is 6.04 Å². The predicted octanol–water partition coefficient (Wildman–Crippen LogP) is 4.11. The smallest absolute Gasteiger partial charge is 0.160 e. The van der Waals surface area contributed by atoms with Crippen LogP contribution in [0.2, 0.25) is 0 Å². The number of nitrogens with one attached hydrogen (secondary N) is 1. The molecule has 122 valence electrons. The molecule has 1 aliphatic rings. The van der Waals surface area contributed by atoms with E-state index < -0.39 is 0 Å². The van der Waals surface area contributed by atoms with E-state index in [1.54, 1.807) is 19.8 Å². The Hall–Kier alpha value is -1.48. The molecule has 0 saturated carbocycles. The van der Waals surface area contributed by atoms with Crippen LogP contribution >= 0.6 is 0 Å². The standard InChI is InChI=1S/C19H29NO2/c1-15(20-12-11-16-7-5-4-6-8-16)13-17-9-10-18(21-2)19(14-17)22-3/h7,9-10,14-15,20H,4-6,8,11-13H2,1-3H3/t15-/m0/s1. The largest absolute Gasteiger partial charge is 0.493 e. The summed E-state index contributed by atoms with van der Waals surface area (Å²) in [7, 11) is 3.35. The van der Waals surface area contributed by atoms with E-state index in [1.807, 2.05) is 6.07 Å². The van der Waals surface area contributed by atoms with E-state index in [0.29, 0.717) is 6.04 Å².